The average Bonchev–Trinajstić information content (AvgIpc) is 3.93. The van der Waals surface area contributed by atoms with Crippen molar-refractivity contribution in [2.24, 2.45) is 0 Å². The third kappa shape index (κ3) is 4.06. The fourth-order valence-electron chi connectivity index (χ4n) is 7.98. The van der Waals surface area contributed by atoms with Gasteiger partial charge in [-0.15, -0.1) is 0 Å². The van der Waals surface area contributed by atoms with E-state index in [0.29, 0.717) is 5.69 Å². The summed E-state index contributed by atoms with van der Waals surface area (Å²) in [4.78, 5) is 0. The molecule has 0 bridgehead atoms. The Bertz CT molecular complexity index is 3520. The molecule has 11 aromatic rings. The zero-order valence-electron chi connectivity index (χ0n) is 35.1. The van der Waals surface area contributed by atoms with E-state index in [4.69, 9.17) is 11.0 Å². The molecule has 0 radical (unpaired) electrons. The van der Waals surface area contributed by atoms with Crippen LogP contribution in [0.25, 0.3) is 93.6 Å². The summed E-state index contributed by atoms with van der Waals surface area (Å²) in [7, 11) is 0. The number of benzene rings is 8. The number of para-hydroxylation sites is 5. The number of hydrogen-bond acceptors (Lipinski definition) is 0. The molecule has 0 unspecified atom stereocenters. The lowest BCUT2D eigenvalue weighted by molar-refractivity contribution is 1.13. The van der Waals surface area contributed by atoms with Gasteiger partial charge in [0, 0.05) is 49.4 Å². The predicted octanol–water partition coefficient (Wildman–Crippen LogP) is 12.6. The fourth-order valence-corrected chi connectivity index (χ4v) is 7.98. The van der Waals surface area contributed by atoms with E-state index in [9.17, 15) is 0 Å². The molecule has 0 saturated heterocycles. The van der Waals surface area contributed by atoms with Crippen molar-refractivity contribution in [3.05, 3.63) is 188 Å². The summed E-state index contributed by atoms with van der Waals surface area (Å²) in [6, 6.07) is 44.5. The Morgan fingerprint density at radius 3 is 1.61 bits per heavy atom. The van der Waals surface area contributed by atoms with Gasteiger partial charge < -0.3 is 13.7 Å². The number of hydrogen-bond donors (Lipinski definition) is 0. The van der Waals surface area contributed by atoms with Gasteiger partial charge in [-0.25, -0.2) is 0 Å². The quantitative estimate of drug-likeness (QED) is 0.179. The summed E-state index contributed by atoms with van der Waals surface area (Å²) in [5.41, 5.74) is 8.78. The van der Waals surface area contributed by atoms with E-state index in [2.05, 4.69) is 106 Å². The Labute approximate surface area is 305 Å². The lowest BCUT2D eigenvalue weighted by Gasteiger charge is -2.13. The van der Waals surface area contributed by atoms with Gasteiger partial charge in [0.2, 0.25) is 0 Å². The molecule has 0 saturated carbocycles. The molecular formula is C48H31N3. The molecule has 3 heterocycles. The summed E-state index contributed by atoms with van der Waals surface area (Å²) < 4.78 is 75.9. The molecular weight excluding hydrogens is 619 g/mol. The second kappa shape index (κ2) is 10.8. The predicted molar refractivity (Wildman–Crippen MR) is 215 cm³/mol. The van der Waals surface area contributed by atoms with Crippen molar-refractivity contribution >= 4 is 65.4 Å². The van der Waals surface area contributed by atoms with Gasteiger partial charge in [-0.3, -0.25) is 0 Å². The molecule has 0 aliphatic carbocycles. The minimum absolute atomic E-state index is 0.0492. The average molecular weight is 658 g/mol. The standard InChI is InChI=1S/C48H31N3/c1-2-14-33(15-3-1)49-42-23-8-6-20-39(42)40-29-28-32(30-47(40)49)36-22-13-27-46-48(36)41-21-7-11-26-45(41)51(46)35-17-12-16-34(31-35)50-43-24-9-4-18-37(43)38-19-5-10-25-44(38)50/h1-31H/i4D,5D,9D,10D,18D,19D,24D,25D. The number of fused-ring (bicyclic) bond motifs is 9. The van der Waals surface area contributed by atoms with Crippen LogP contribution >= 0.6 is 0 Å². The van der Waals surface area contributed by atoms with Crippen LogP contribution in [0.2, 0.25) is 0 Å². The monoisotopic (exact) mass is 657 g/mol. The highest BCUT2D eigenvalue weighted by Gasteiger charge is 2.19. The van der Waals surface area contributed by atoms with Crippen LogP contribution < -0.4 is 0 Å². The van der Waals surface area contributed by atoms with Crippen LogP contribution in [0.1, 0.15) is 11.0 Å². The topological polar surface area (TPSA) is 14.8 Å². The van der Waals surface area contributed by atoms with E-state index in [1.165, 1.54) is 10.8 Å². The highest BCUT2D eigenvalue weighted by molar-refractivity contribution is 6.17. The van der Waals surface area contributed by atoms with Gasteiger partial charge >= 0.3 is 0 Å². The number of nitrogens with zero attached hydrogens (tertiary/aromatic N) is 3. The van der Waals surface area contributed by atoms with Gasteiger partial charge in [-0.2, -0.15) is 0 Å². The van der Waals surface area contributed by atoms with Crippen LogP contribution in [0.4, 0.5) is 0 Å². The molecule has 0 N–H and O–H groups in total. The van der Waals surface area contributed by atoms with Crippen LogP contribution in [0.5, 0.6) is 0 Å². The van der Waals surface area contributed by atoms with Crippen LogP contribution in [0.15, 0.2) is 188 Å². The second-order valence-corrected chi connectivity index (χ2v) is 12.8. The first-order chi connectivity index (χ1) is 28.7. The molecule has 3 heteroatoms. The van der Waals surface area contributed by atoms with Gasteiger partial charge in [0.05, 0.1) is 44.1 Å². The van der Waals surface area contributed by atoms with Crippen molar-refractivity contribution in [2.75, 3.05) is 0 Å². The van der Waals surface area contributed by atoms with E-state index in [0.717, 1.165) is 55.3 Å². The highest BCUT2D eigenvalue weighted by Crippen LogP contribution is 2.41. The second-order valence-electron chi connectivity index (χ2n) is 12.8. The van der Waals surface area contributed by atoms with E-state index in [1.54, 1.807) is 10.6 Å². The minimum Gasteiger partial charge on any atom is -0.309 e. The molecule has 0 amide bonds. The molecule has 51 heavy (non-hydrogen) atoms. The molecule has 3 aromatic heterocycles. The summed E-state index contributed by atoms with van der Waals surface area (Å²) >= 11 is 0. The first-order valence-electron chi connectivity index (χ1n) is 20.9. The van der Waals surface area contributed by atoms with E-state index in [1.807, 2.05) is 36.4 Å². The van der Waals surface area contributed by atoms with Gasteiger partial charge in [-0.1, -0.05) is 121 Å². The van der Waals surface area contributed by atoms with Crippen LogP contribution in [-0.4, -0.2) is 13.7 Å². The molecule has 11 rings (SSSR count). The van der Waals surface area contributed by atoms with Gasteiger partial charge in [0.1, 0.15) is 0 Å². The zero-order chi connectivity index (χ0) is 40.4. The fraction of sp³-hybridized carbons (Fsp3) is 0. The third-order valence-electron chi connectivity index (χ3n) is 10.1. The lowest BCUT2D eigenvalue weighted by atomic mass is 9.98. The van der Waals surface area contributed by atoms with Crippen molar-refractivity contribution in [3.8, 4) is 28.2 Å². The normalized spacial score (nSPS) is 14.1. The molecule has 238 valence electrons. The molecule has 3 nitrogen and oxygen atoms in total. The van der Waals surface area contributed by atoms with E-state index >= 15 is 0 Å². The van der Waals surface area contributed by atoms with Crippen molar-refractivity contribution in [3.63, 3.8) is 0 Å². The van der Waals surface area contributed by atoms with Crippen LogP contribution in [0.3, 0.4) is 0 Å². The lowest BCUT2D eigenvalue weighted by Crippen LogP contribution is -1.98. The molecule has 0 aliphatic rings. The molecule has 0 atom stereocenters. The van der Waals surface area contributed by atoms with Crippen molar-refractivity contribution in [1.82, 2.24) is 13.7 Å². The summed E-state index contributed by atoms with van der Waals surface area (Å²) in [6.07, 6.45) is 0. The summed E-state index contributed by atoms with van der Waals surface area (Å²) in [6.45, 7) is 0. The van der Waals surface area contributed by atoms with Crippen molar-refractivity contribution < 1.29 is 11.0 Å². The Balaban J connectivity index is 1.18. The van der Waals surface area contributed by atoms with E-state index < -0.39 is 24.2 Å². The molecule has 0 fully saturated rings. The zero-order valence-corrected chi connectivity index (χ0v) is 27.1. The number of rotatable bonds is 4. The Morgan fingerprint density at radius 1 is 0.333 bits per heavy atom. The smallest absolute Gasteiger partial charge is 0.0645 e. The van der Waals surface area contributed by atoms with Crippen molar-refractivity contribution in [2.45, 2.75) is 0 Å². The van der Waals surface area contributed by atoms with Gasteiger partial charge in [0.25, 0.3) is 0 Å². The maximum Gasteiger partial charge on any atom is 0.0645 e. The van der Waals surface area contributed by atoms with Crippen molar-refractivity contribution in [1.29, 1.82) is 0 Å². The Kier molecular flexibility index (Phi) is 4.52. The van der Waals surface area contributed by atoms with E-state index in [-0.39, 0.29) is 46.0 Å². The Hall–Kier alpha value is -6.84. The summed E-state index contributed by atoms with van der Waals surface area (Å²) in [5, 5.41) is 4.56. The SMILES string of the molecule is [2H]c1c([2H])c([2H])c2c(c1[2H])c1c([2H])c([2H])c([2H])c([2H])c1n2-c1cccc(-n2c3ccccc3c3c(-c4ccc5c6ccccc6n(-c6ccccc6)c5c4)cccc32)c1. The van der Waals surface area contributed by atoms with Crippen LogP contribution in [-0.2, 0) is 0 Å². The Morgan fingerprint density at radius 2 is 0.863 bits per heavy atom. The minimum atomic E-state index is -0.468. The first kappa shape index (κ1) is 21.3. The third-order valence-corrected chi connectivity index (χ3v) is 10.1. The maximum absolute atomic E-state index is 9.02. The van der Waals surface area contributed by atoms with Crippen LogP contribution in [0, 0.1) is 0 Å². The maximum atomic E-state index is 9.02. The van der Waals surface area contributed by atoms with Gasteiger partial charge in [-0.05, 0) is 77.8 Å². The largest absolute Gasteiger partial charge is 0.309 e. The highest BCUT2D eigenvalue weighted by atomic mass is 15.0. The number of aromatic nitrogens is 3. The molecule has 0 spiro atoms. The molecule has 0 aliphatic heterocycles. The molecule has 8 aromatic carbocycles. The van der Waals surface area contributed by atoms with Gasteiger partial charge in [0.15, 0.2) is 0 Å². The summed E-state index contributed by atoms with van der Waals surface area (Å²) in [5.74, 6) is 0. The first-order valence-corrected chi connectivity index (χ1v) is 16.9.